The summed E-state index contributed by atoms with van der Waals surface area (Å²) in [4.78, 5) is 48.9. The van der Waals surface area contributed by atoms with Crippen molar-refractivity contribution in [2.24, 2.45) is 11.8 Å². The molecule has 0 aromatic heterocycles. The Balaban J connectivity index is 1.07. The van der Waals surface area contributed by atoms with Crippen LogP contribution in [0.2, 0.25) is 0 Å². The smallest absolute Gasteiger partial charge is 0.264 e. The standard InChI is InChI=1S/C46H60N4O6S/c1-57(54,55)56-41-29-42(45(53)49-27-15-25-40(49)28-43(51)47-31-36-18-14-26-48(33-36)32-35-16-6-2-7-17-35)50(34-41)44(52)30-46(37-19-8-3-9-20-37,38-21-10-4-11-22-38)39-23-12-5-13-24-39/h3-5,8-13,19-24,35-36,40-42H,2,6-7,14-18,25-34H2,1H3,(H,47,51)/t36-,40-,41-,42+/m1/s1. The third kappa shape index (κ3) is 10.2. The first kappa shape index (κ1) is 41.1. The Morgan fingerprint density at radius 3 is 1.89 bits per heavy atom. The van der Waals surface area contributed by atoms with Gasteiger partial charge in [0.05, 0.1) is 17.8 Å². The quantitative estimate of drug-likeness (QED) is 0.154. The Hall–Kier alpha value is -4.06. The summed E-state index contributed by atoms with van der Waals surface area (Å²) in [5, 5.41) is 3.21. The molecule has 0 bridgehead atoms. The van der Waals surface area contributed by atoms with Crippen molar-refractivity contribution in [1.82, 2.24) is 20.0 Å². The summed E-state index contributed by atoms with van der Waals surface area (Å²) < 4.78 is 30.2. The third-order valence-electron chi connectivity index (χ3n) is 12.9. The molecule has 1 N–H and O–H groups in total. The van der Waals surface area contributed by atoms with Crippen LogP contribution in [0.15, 0.2) is 91.0 Å². The summed E-state index contributed by atoms with van der Waals surface area (Å²) in [5.74, 6) is 0.639. The van der Waals surface area contributed by atoms with E-state index in [1.807, 2.05) is 91.0 Å². The molecule has 3 aromatic carbocycles. The molecule has 306 valence electrons. The van der Waals surface area contributed by atoms with E-state index < -0.39 is 27.7 Å². The fraction of sp³-hybridized carbons (Fsp3) is 0.543. The van der Waals surface area contributed by atoms with Crippen molar-refractivity contribution in [2.75, 3.05) is 45.5 Å². The third-order valence-corrected chi connectivity index (χ3v) is 13.5. The number of amides is 3. The Labute approximate surface area is 339 Å². The number of nitrogens with zero attached hydrogens (tertiary/aromatic N) is 3. The first-order valence-electron chi connectivity index (χ1n) is 21.2. The van der Waals surface area contributed by atoms with Gasteiger partial charge in [-0.05, 0) is 73.6 Å². The van der Waals surface area contributed by atoms with E-state index in [1.165, 1.54) is 38.6 Å². The van der Waals surface area contributed by atoms with Gasteiger partial charge >= 0.3 is 0 Å². The van der Waals surface area contributed by atoms with Crippen molar-refractivity contribution in [2.45, 2.75) is 101 Å². The van der Waals surface area contributed by atoms with Crippen LogP contribution in [-0.2, 0) is 34.1 Å². The Morgan fingerprint density at radius 1 is 0.719 bits per heavy atom. The molecule has 4 atom stereocenters. The number of piperidine rings is 1. The van der Waals surface area contributed by atoms with Crippen molar-refractivity contribution in [3.05, 3.63) is 108 Å². The fourth-order valence-electron chi connectivity index (χ4n) is 10.2. The van der Waals surface area contributed by atoms with Gasteiger partial charge < -0.3 is 20.0 Å². The minimum atomic E-state index is -3.86. The minimum Gasteiger partial charge on any atom is -0.356 e. The maximum Gasteiger partial charge on any atom is 0.264 e. The van der Waals surface area contributed by atoms with Gasteiger partial charge in [0.15, 0.2) is 0 Å². The number of rotatable bonds is 14. The molecule has 7 rings (SSSR count). The van der Waals surface area contributed by atoms with Crippen LogP contribution in [0, 0.1) is 11.8 Å². The van der Waals surface area contributed by atoms with Gasteiger partial charge in [-0.15, -0.1) is 0 Å². The highest BCUT2D eigenvalue weighted by Crippen LogP contribution is 2.43. The number of nitrogens with one attached hydrogen (secondary N) is 1. The zero-order valence-electron chi connectivity index (χ0n) is 33.5. The van der Waals surface area contributed by atoms with Crippen molar-refractivity contribution in [3.63, 3.8) is 0 Å². The van der Waals surface area contributed by atoms with E-state index in [0.717, 1.165) is 61.2 Å². The zero-order chi connectivity index (χ0) is 39.8. The first-order valence-corrected chi connectivity index (χ1v) is 23.0. The lowest BCUT2D eigenvalue weighted by molar-refractivity contribution is -0.145. The molecule has 0 unspecified atom stereocenters. The average molecular weight is 797 g/mol. The molecule has 1 aliphatic carbocycles. The predicted molar refractivity (Wildman–Crippen MR) is 222 cm³/mol. The molecule has 3 saturated heterocycles. The van der Waals surface area contributed by atoms with Crippen LogP contribution < -0.4 is 5.32 Å². The number of likely N-dealkylation sites (tertiary alicyclic amines) is 3. The van der Waals surface area contributed by atoms with E-state index in [-0.39, 0.29) is 49.6 Å². The molecular weight excluding hydrogens is 737 g/mol. The highest BCUT2D eigenvalue weighted by molar-refractivity contribution is 7.86. The molecule has 3 heterocycles. The molecule has 0 spiro atoms. The second-order valence-electron chi connectivity index (χ2n) is 17.0. The molecule has 1 saturated carbocycles. The molecule has 3 amide bonds. The topological polar surface area (TPSA) is 116 Å². The Kier molecular flexibility index (Phi) is 13.5. The second-order valence-corrected chi connectivity index (χ2v) is 18.6. The highest BCUT2D eigenvalue weighted by atomic mass is 32.2. The fourth-order valence-corrected chi connectivity index (χ4v) is 10.9. The lowest BCUT2D eigenvalue weighted by Crippen LogP contribution is -2.51. The van der Waals surface area contributed by atoms with E-state index in [9.17, 15) is 22.8 Å². The Bertz CT molecular complexity index is 1810. The molecule has 3 aliphatic heterocycles. The molecule has 0 radical (unpaired) electrons. The largest absolute Gasteiger partial charge is 0.356 e. The predicted octanol–water partition coefficient (Wildman–Crippen LogP) is 6.15. The minimum absolute atomic E-state index is 0.00546. The van der Waals surface area contributed by atoms with Crippen molar-refractivity contribution in [3.8, 4) is 0 Å². The molecule has 57 heavy (non-hydrogen) atoms. The summed E-state index contributed by atoms with van der Waals surface area (Å²) >= 11 is 0. The summed E-state index contributed by atoms with van der Waals surface area (Å²) in [7, 11) is -3.86. The van der Waals surface area contributed by atoms with Gasteiger partial charge in [-0.1, -0.05) is 110 Å². The van der Waals surface area contributed by atoms with Crippen molar-refractivity contribution < 1.29 is 27.0 Å². The number of carbonyl (C=O) groups is 3. The van der Waals surface area contributed by atoms with Crippen LogP contribution in [-0.4, -0.2) is 105 Å². The van der Waals surface area contributed by atoms with E-state index >= 15 is 0 Å². The van der Waals surface area contributed by atoms with Crippen LogP contribution >= 0.6 is 0 Å². The number of hydrogen-bond acceptors (Lipinski definition) is 7. The molecule has 3 aromatic rings. The van der Waals surface area contributed by atoms with E-state index in [1.54, 1.807) is 9.80 Å². The Morgan fingerprint density at radius 2 is 1.30 bits per heavy atom. The van der Waals surface area contributed by atoms with Gasteiger partial charge in [-0.3, -0.25) is 18.6 Å². The maximum absolute atomic E-state index is 14.9. The molecule has 11 heteroatoms. The van der Waals surface area contributed by atoms with Crippen molar-refractivity contribution >= 4 is 27.8 Å². The van der Waals surface area contributed by atoms with Crippen LogP contribution in [0.4, 0.5) is 0 Å². The van der Waals surface area contributed by atoms with Crippen molar-refractivity contribution in [1.29, 1.82) is 0 Å². The maximum atomic E-state index is 14.9. The van der Waals surface area contributed by atoms with Gasteiger partial charge in [0.1, 0.15) is 6.04 Å². The van der Waals surface area contributed by atoms with E-state index in [2.05, 4.69) is 10.2 Å². The van der Waals surface area contributed by atoms with E-state index in [0.29, 0.717) is 25.4 Å². The average Bonchev–Trinajstić information content (AvgIpc) is 3.87. The zero-order valence-corrected chi connectivity index (χ0v) is 34.3. The normalized spacial score (nSPS) is 23.7. The second kappa shape index (κ2) is 18.7. The molecule has 4 aliphatic rings. The monoisotopic (exact) mass is 796 g/mol. The number of hydrogen-bond donors (Lipinski definition) is 1. The van der Waals surface area contributed by atoms with Gasteiger partial charge in [0.2, 0.25) is 17.7 Å². The molecule has 10 nitrogen and oxygen atoms in total. The summed E-state index contributed by atoms with van der Waals surface area (Å²) in [5.41, 5.74) is 1.89. The summed E-state index contributed by atoms with van der Waals surface area (Å²) in [6, 6.07) is 28.5. The van der Waals surface area contributed by atoms with Gasteiger partial charge in [-0.2, -0.15) is 8.42 Å². The SMILES string of the molecule is CS(=O)(=O)O[C@@H]1C[C@@H](C(=O)N2CCC[C@@H]2CC(=O)NC[C@H]2CCCN(CC3CCCCC3)C2)N(C(=O)CC(c2ccccc2)(c2ccccc2)c2ccccc2)C1. The van der Waals surface area contributed by atoms with Gasteiger partial charge in [0.25, 0.3) is 10.1 Å². The summed E-state index contributed by atoms with van der Waals surface area (Å²) in [6.45, 7) is 4.42. The lowest BCUT2D eigenvalue weighted by Gasteiger charge is -2.38. The van der Waals surface area contributed by atoms with Crippen LogP contribution in [0.1, 0.15) is 93.7 Å². The summed E-state index contributed by atoms with van der Waals surface area (Å²) in [6.07, 6.45) is 10.8. The van der Waals surface area contributed by atoms with E-state index in [4.69, 9.17) is 4.18 Å². The van der Waals surface area contributed by atoms with Gasteiger partial charge in [-0.25, -0.2) is 0 Å². The molecule has 4 fully saturated rings. The first-order chi connectivity index (χ1) is 27.6. The number of benzene rings is 3. The van der Waals surface area contributed by atoms with Gasteiger partial charge in [0, 0.05) is 58.0 Å². The molecular formula is C46H60N4O6S. The highest BCUT2D eigenvalue weighted by Gasteiger charge is 2.48. The number of carbonyl (C=O) groups excluding carboxylic acids is 3. The van der Waals surface area contributed by atoms with Crippen LogP contribution in [0.3, 0.4) is 0 Å². The lowest BCUT2D eigenvalue weighted by atomic mass is 9.67. The van der Waals surface area contributed by atoms with Crippen LogP contribution in [0.25, 0.3) is 0 Å². The van der Waals surface area contributed by atoms with Crippen LogP contribution in [0.5, 0.6) is 0 Å².